The molecule has 0 bridgehead atoms. The largest absolute Gasteiger partial charge is 0.490 e. The number of halogens is 1. The molecule has 28 heavy (non-hydrogen) atoms. The van der Waals surface area contributed by atoms with Gasteiger partial charge >= 0.3 is 0 Å². The fourth-order valence-electron chi connectivity index (χ4n) is 3.54. The number of benzene rings is 2. The fourth-order valence-corrected chi connectivity index (χ4v) is 3.66. The Hall–Kier alpha value is -1.79. The first-order chi connectivity index (χ1) is 13.5. The number of aliphatic hydroxyl groups is 2. The number of likely N-dealkylation sites (tertiary alicyclic amines) is 1. The van der Waals surface area contributed by atoms with E-state index in [1.54, 1.807) is 0 Å². The molecule has 0 amide bonds. The summed E-state index contributed by atoms with van der Waals surface area (Å²) in [6.07, 6.45) is 0.626. The molecule has 1 aliphatic heterocycles. The number of hydrogen-bond donors (Lipinski definition) is 2. The summed E-state index contributed by atoms with van der Waals surface area (Å²) in [6.45, 7) is 4.62. The molecular weight excluding hydrogens is 378 g/mol. The van der Waals surface area contributed by atoms with Crippen LogP contribution in [0.25, 0.3) is 0 Å². The minimum Gasteiger partial charge on any atom is -0.490 e. The van der Waals surface area contributed by atoms with Gasteiger partial charge in [-0.05, 0) is 49.6 Å². The highest BCUT2D eigenvalue weighted by Crippen LogP contribution is 2.33. The zero-order valence-corrected chi connectivity index (χ0v) is 16.9. The standard InChI is InChI=1S/C22H28ClNO4/c1-2-27-20-5-3-4-6-21(20)28-16-19(25)15-24-13-11-22(26,12-14-24)17-7-9-18(23)10-8-17/h3-10,19,25-26H,2,11-16H2,1H3. The summed E-state index contributed by atoms with van der Waals surface area (Å²) in [4.78, 5) is 2.16. The van der Waals surface area contributed by atoms with Crippen LogP contribution in [0.5, 0.6) is 11.5 Å². The molecule has 152 valence electrons. The van der Waals surface area contributed by atoms with Gasteiger partial charge in [0.25, 0.3) is 0 Å². The van der Waals surface area contributed by atoms with Crippen molar-refractivity contribution in [2.75, 3.05) is 32.8 Å². The molecule has 2 aromatic rings. The third kappa shape index (κ3) is 5.39. The summed E-state index contributed by atoms with van der Waals surface area (Å²) in [5.41, 5.74) is 0.0619. The van der Waals surface area contributed by atoms with E-state index < -0.39 is 11.7 Å². The predicted molar refractivity (Wildman–Crippen MR) is 110 cm³/mol. The lowest BCUT2D eigenvalue weighted by Gasteiger charge is -2.39. The van der Waals surface area contributed by atoms with Crippen molar-refractivity contribution >= 4 is 11.6 Å². The van der Waals surface area contributed by atoms with Crippen molar-refractivity contribution < 1.29 is 19.7 Å². The lowest BCUT2D eigenvalue weighted by molar-refractivity contribution is -0.0373. The number of hydrogen-bond acceptors (Lipinski definition) is 5. The Bertz CT molecular complexity index is 744. The molecule has 1 aliphatic rings. The average Bonchev–Trinajstić information content (AvgIpc) is 2.70. The summed E-state index contributed by atoms with van der Waals surface area (Å²) >= 11 is 5.94. The van der Waals surface area contributed by atoms with Crippen molar-refractivity contribution in [3.8, 4) is 11.5 Å². The van der Waals surface area contributed by atoms with Crippen LogP contribution in [0, 0.1) is 0 Å². The molecule has 5 nitrogen and oxygen atoms in total. The molecule has 1 fully saturated rings. The average molecular weight is 406 g/mol. The maximum absolute atomic E-state index is 10.9. The van der Waals surface area contributed by atoms with E-state index in [1.165, 1.54) is 0 Å². The van der Waals surface area contributed by atoms with Crippen LogP contribution in [0.15, 0.2) is 48.5 Å². The summed E-state index contributed by atoms with van der Waals surface area (Å²) in [7, 11) is 0. The third-order valence-corrected chi connectivity index (χ3v) is 5.37. The minimum atomic E-state index is -0.834. The normalized spacial score (nSPS) is 17.9. The van der Waals surface area contributed by atoms with Gasteiger partial charge in [0.05, 0.1) is 12.2 Å². The van der Waals surface area contributed by atoms with Gasteiger partial charge in [-0.3, -0.25) is 0 Å². The zero-order valence-electron chi connectivity index (χ0n) is 16.2. The molecule has 1 atom stereocenters. The van der Waals surface area contributed by atoms with Gasteiger partial charge in [0.15, 0.2) is 11.5 Å². The first-order valence-electron chi connectivity index (χ1n) is 9.73. The maximum atomic E-state index is 10.9. The van der Waals surface area contributed by atoms with E-state index in [0.717, 1.165) is 5.56 Å². The zero-order chi connectivity index (χ0) is 20.0. The van der Waals surface area contributed by atoms with Crippen LogP contribution >= 0.6 is 11.6 Å². The van der Waals surface area contributed by atoms with Gasteiger partial charge < -0.3 is 24.6 Å². The van der Waals surface area contributed by atoms with E-state index in [2.05, 4.69) is 4.90 Å². The highest BCUT2D eigenvalue weighted by molar-refractivity contribution is 6.30. The van der Waals surface area contributed by atoms with Gasteiger partial charge in [0, 0.05) is 24.7 Å². The molecule has 0 radical (unpaired) electrons. The number of β-amino-alcohol motifs (C(OH)–C–C–N with tert-alkyl or cyclic N) is 1. The fraction of sp³-hybridized carbons (Fsp3) is 0.455. The number of ether oxygens (including phenoxy) is 2. The Balaban J connectivity index is 1.47. The molecule has 1 unspecified atom stereocenters. The Morgan fingerprint density at radius 1 is 1.04 bits per heavy atom. The lowest BCUT2D eigenvalue weighted by atomic mass is 9.84. The van der Waals surface area contributed by atoms with Crippen LogP contribution in [0.3, 0.4) is 0 Å². The SMILES string of the molecule is CCOc1ccccc1OCC(O)CN1CCC(O)(c2ccc(Cl)cc2)CC1. The van der Waals surface area contributed by atoms with Crippen molar-refractivity contribution in [1.82, 2.24) is 4.90 Å². The summed E-state index contributed by atoms with van der Waals surface area (Å²) in [5, 5.41) is 22.0. The highest BCUT2D eigenvalue weighted by atomic mass is 35.5. The van der Waals surface area contributed by atoms with Crippen molar-refractivity contribution in [3.05, 3.63) is 59.1 Å². The van der Waals surface area contributed by atoms with Crippen molar-refractivity contribution in [2.45, 2.75) is 31.5 Å². The van der Waals surface area contributed by atoms with Crippen LogP contribution in [0.2, 0.25) is 5.02 Å². The van der Waals surface area contributed by atoms with Crippen LogP contribution in [0.1, 0.15) is 25.3 Å². The van der Waals surface area contributed by atoms with Gasteiger partial charge in [0.2, 0.25) is 0 Å². The third-order valence-electron chi connectivity index (χ3n) is 5.11. The minimum absolute atomic E-state index is 0.196. The molecule has 6 heteroatoms. The molecule has 0 saturated carbocycles. The monoisotopic (exact) mass is 405 g/mol. The number of nitrogens with zero attached hydrogens (tertiary/aromatic N) is 1. The molecule has 1 saturated heterocycles. The number of piperidine rings is 1. The Kier molecular flexibility index (Phi) is 7.18. The second kappa shape index (κ2) is 9.61. The van der Waals surface area contributed by atoms with Gasteiger partial charge in [0.1, 0.15) is 12.7 Å². The second-order valence-electron chi connectivity index (χ2n) is 7.18. The molecule has 2 aromatic carbocycles. The van der Waals surface area contributed by atoms with E-state index in [4.69, 9.17) is 21.1 Å². The summed E-state index contributed by atoms with van der Waals surface area (Å²) in [5.74, 6) is 1.32. The molecule has 0 spiro atoms. The Morgan fingerprint density at radius 3 is 2.25 bits per heavy atom. The smallest absolute Gasteiger partial charge is 0.161 e. The van der Waals surface area contributed by atoms with Gasteiger partial charge in [-0.25, -0.2) is 0 Å². The molecule has 0 aliphatic carbocycles. The quantitative estimate of drug-likeness (QED) is 0.704. The van der Waals surface area contributed by atoms with Crippen LogP contribution < -0.4 is 9.47 Å². The Labute approximate surface area is 171 Å². The van der Waals surface area contributed by atoms with Gasteiger partial charge in [-0.1, -0.05) is 35.9 Å². The number of para-hydroxylation sites is 2. The topological polar surface area (TPSA) is 62.2 Å². The summed E-state index contributed by atoms with van der Waals surface area (Å²) < 4.78 is 11.3. The van der Waals surface area contributed by atoms with Crippen molar-refractivity contribution in [2.24, 2.45) is 0 Å². The molecule has 2 N–H and O–H groups in total. The van der Waals surface area contributed by atoms with E-state index in [-0.39, 0.29) is 6.61 Å². The van der Waals surface area contributed by atoms with Crippen LogP contribution in [-0.4, -0.2) is 54.1 Å². The summed E-state index contributed by atoms with van der Waals surface area (Å²) in [6, 6.07) is 14.9. The van der Waals surface area contributed by atoms with Crippen molar-refractivity contribution in [3.63, 3.8) is 0 Å². The Morgan fingerprint density at radius 2 is 1.64 bits per heavy atom. The van der Waals surface area contributed by atoms with E-state index in [1.807, 2.05) is 55.5 Å². The van der Waals surface area contributed by atoms with E-state index in [0.29, 0.717) is 55.6 Å². The van der Waals surface area contributed by atoms with Crippen molar-refractivity contribution in [1.29, 1.82) is 0 Å². The number of aliphatic hydroxyl groups excluding tert-OH is 1. The van der Waals surface area contributed by atoms with E-state index >= 15 is 0 Å². The predicted octanol–water partition coefficient (Wildman–Crippen LogP) is 3.46. The van der Waals surface area contributed by atoms with Gasteiger partial charge in [-0.15, -0.1) is 0 Å². The van der Waals surface area contributed by atoms with Crippen LogP contribution in [-0.2, 0) is 5.60 Å². The first-order valence-corrected chi connectivity index (χ1v) is 10.1. The molecular formula is C22H28ClNO4. The molecule has 1 heterocycles. The van der Waals surface area contributed by atoms with Gasteiger partial charge in [-0.2, -0.15) is 0 Å². The molecule has 3 rings (SSSR count). The first kappa shape index (κ1) is 20.9. The highest BCUT2D eigenvalue weighted by Gasteiger charge is 2.34. The molecule has 0 aromatic heterocycles. The van der Waals surface area contributed by atoms with Crippen LogP contribution in [0.4, 0.5) is 0 Å². The second-order valence-corrected chi connectivity index (χ2v) is 7.62. The van der Waals surface area contributed by atoms with E-state index in [9.17, 15) is 10.2 Å². The number of rotatable bonds is 8. The maximum Gasteiger partial charge on any atom is 0.161 e. The lowest BCUT2D eigenvalue weighted by Crippen LogP contribution is -2.46.